The smallest absolute Gasteiger partial charge is 0.203 e. The van der Waals surface area contributed by atoms with Crippen LogP contribution in [0.1, 0.15) is 17.2 Å². The number of nitrogens with one attached hydrogen (secondary N) is 2. The van der Waals surface area contributed by atoms with E-state index in [1.165, 1.54) is 12.1 Å². The Labute approximate surface area is 156 Å². The van der Waals surface area contributed by atoms with Gasteiger partial charge in [0.25, 0.3) is 0 Å². The van der Waals surface area contributed by atoms with E-state index in [0.29, 0.717) is 22.4 Å². The van der Waals surface area contributed by atoms with Gasteiger partial charge in [-0.25, -0.2) is 4.39 Å². The highest BCUT2D eigenvalue weighted by Crippen LogP contribution is 2.40. The standard InChI is InChI=1S/C19H19FN2O3S/c1-23-16-8-12(9-17(24-2)18(16)25-3)15-10-14(21-19(26)22-15)11-4-6-13(20)7-5-11/h4-10,14H,1-3H3,(H2,21,22,26). The fraction of sp³-hybridized carbons (Fsp3) is 0.211. The van der Waals surface area contributed by atoms with Gasteiger partial charge in [-0.3, -0.25) is 0 Å². The third kappa shape index (κ3) is 3.57. The van der Waals surface area contributed by atoms with Crippen LogP contribution >= 0.6 is 12.2 Å². The first-order valence-electron chi connectivity index (χ1n) is 7.91. The molecule has 1 aliphatic rings. The quantitative estimate of drug-likeness (QED) is 0.783. The van der Waals surface area contributed by atoms with Crippen LogP contribution < -0.4 is 24.8 Å². The van der Waals surface area contributed by atoms with Crippen molar-refractivity contribution < 1.29 is 18.6 Å². The Morgan fingerprint density at radius 1 is 0.962 bits per heavy atom. The predicted molar refractivity (Wildman–Crippen MR) is 102 cm³/mol. The molecule has 0 saturated carbocycles. The van der Waals surface area contributed by atoms with E-state index in [0.717, 1.165) is 16.8 Å². The molecule has 1 atom stereocenters. The molecule has 1 aliphatic heterocycles. The van der Waals surface area contributed by atoms with Crippen LogP contribution in [0.3, 0.4) is 0 Å². The summed E-state index contributed by atoms with van der Waals surface area (Å²) in [6.07, 6.45) is 1.98. The average molecular weight is 374 g/mol. The zero-order chi connectivity index (χ0) is 18.7. The summed E-state index contributed by atoms with van der Waals surface area (Å²) in [5.41, 5.74) is 2.53. The molecule has 0 spiro atoms. The maximum Gasteiger partial charge on any atom is 0.203 e. The molecule has 0 bridgehead atoms. The lowest BCUT2D eigenvalue weighted by Gasteiger charge is -2.27. The average Bonchev–Trinajstić information content (AvgIpc) is 2.66. The maximum absolute atomic E-state index is 13.2. The van der Waals surface area contributed by atoms with E-state index in [1.807, 2.05) is 18.2 Å². The molecule has 26 heavy (non-hydrogen) atoms. The summed E-state index contributed by atoms with van der Waals surface area (Å²) in [7, 11) is 4.69. The molecule has 0 radical (unpaired) electrons. The maximum atomic E-state index is 13.2. The molecule has 1 unspecified atom stereocenters. The largest absolute Gasteiger partial charge is 0.493 e. The topological polar surface area (TPSA) is 51.8 Å². The number of rotatable bonds is 5. The van der Waals surface area contributed by atoms with Crippen LogP contribution in [-0.4, -0.2) is 26.4 Å². The van der Waals surface area contributed by atoms with Crippen molar-refractivity contribution in [2.24, 2.45) is 0 Å². The highest BCUT2D eigenvalue weighted by atomic mass is 32.1. The van der Waals surface area contributed by atoms with Crippen molar-refractivity contribution in [1.82, 2.24) is 10.6 Å². The summed E-state index contributed by atoms with van der Waals surface area (Å²) >= 11 is 5.33. The molecule has 7 heteroatoms. The Bertz CT molecular complexity index is 827. The minimum Gasteiger partial charge on any atom is -0.493 e. The van der Waals surface area contributed by atoms with Gasteiger partial charge in [0.05, 0.1) is 27.4 Å². The van der Waals surface area contributed by atoms with Crippen molar-refractivity contribution in [1.29, 1.82) is 0 Å². The SMILES string of the molecule is COc1cc(C2=CC(c3ccc(F)cc3)NC(=S)N2)cc(OC)c1OC. The number of halogens is 1. The van der Waals surface area contributed by atoms with Crippen molar-refractivity contribution in [3.63, 3.8) is 0 Å². The lowest BCUT2D eigenvalue weighted by molar-refractivity contribution is 0.324. The zero-order valence-corrected chi connectivity index (χ0v) is 15.4. The summed E-state index contributed by atoms with van der Waals surface area (Å²) in [5.74, 6) is 1.34. The van der Waals surface area contributed by atoms with Gasteiger partial charge in [0.1, 0.15) is 5.82 Å². The molecule has 3 rings (SSSR count). The summed E-state index contributed by atoms with van der Waals surface area (Å²) in [5, 5.41) is 6.78. The first kappa shape index (κ1) is 18.0. The monoisotopic (exact) mass is 374 g/mol. The van der Waals surface area contributed by atoms with E-state index in [1.54, 1.807) is 33.5 Å². The van der Waals surface area contributed by atoms with Gasteiger partial charge < -0.3 is 24.8 Å². The van der Waals surface area contributed by atoms with E-state index in [2.05, 4.69) is 10.6 Å². The number of thiocarbonyl (C=S) groups is 1. The summed E-state index contributed by atoms with van der Waals surface area (Å²) in [6.45, 7) is 0. The van der Waals surface area contributed by atoms with Gasteiger partial charge in [-0.1, -0.05) is 12.1 Å². The molecule has 5 nitrogen and oxygen atoms in total. The van der Waals surface area contributed by atoms with Crippen LogP contribution in [0.5, 0.6) is 17.2 Å². The van der Waals surface area contributed by atoms with Crippen LogP contribution in [0.2, 0.25) is 0 Å². The van der Waals surface area contributed by atoms with Crippen molar-refractivity contribution in [3.05, 3.63) is 59.4 Å². The summed E-state index contributed by atoms with van der Waals surface area (Å²) in [6, 6.07) is 9.81. The van der Waals surface area contributed by atoms with Crippen molar-refractivity contribution >= 4 is 23.0 Å². The molecule has 0 aromatic heterocycles. The molecule has 0 fully saturated rings. The molecule has 0 saturated heterocycles. The normalized spacial score (nSPS) is 16.2. The number of hydrogen-bond donors (Lipinski definition) is 2. The lowest BCUT2D eigenvalue weighted by Crippen LogP contribution is -2.40. The van der Waals surface area contributed by atoms with Crippen LogP contribution in [0, 0.1) is 5.82 Å². The molecule has 2 aromatic carbocycles. The predicted octanol–water partition coefficient (Wildman–Crippen LogP) is 3.41. The molecule has 2 aromatic rings. The molecule has 136 valence electrons. The van der Waals surface area contributed by atoms with Gasteiger partial charge in [0.15, 0.2) is 16.6 Å². The van der Waals surface area contributed by atoms with Crippen molar-refractivity contribution in [3.8, 4) is 17.2 Å². The Kier molecular flexibility index (Phi) is 5.27. The Morgan fingerprint density at radius 3 is 2.12 bits per heavy atom. The summed E-state index contributed by atoms with van der Waals surface area (Å²) < 4.78 is 29.4. The van der Waals surface area contributed by atoms with Gasteiger partial charge in [-0.05, 0) is 48.1 Å². The Morgan fingerprint density at radius 2 is 1.58 bits per heavy atom. The molecule has 1 heterocycles. The molecular weight excluding hydrogens is 355 g/mol. The minimum atomic E-state index is -0.279. The van der Waals surface area contributed by atoms with Gasteiger partial charge in [0, 0.05) is 11.3 Å². The van der Waals surface area contributed by atoms with Gasteiger partial charge in [0.2, 0.25) is 5.75 Å². The second-order valence-corrected chi connectivity index (χ2v) is 6.03. The second-order valence-electron chi connectivity index (χ2n) is 5.62. The number of hydrogen-bond acceptors (Lipinski definition) is 4. The molecule has 2 N–H and O–H groups in total. The Hall–Kier alpha value is -2.80. The van der Waals surface area contributed by atoms with E-state index in [9.17, 15) is 4.39 Å². The van der Waals surface area contributed by atoms with Crippen LogP contribution in [0.15, 0.2) is 42.5 Å². The van der Waals surface area contributed by atoms with Crippen molar-refractivity contribution in [2.75, 3.05) is 21.3 Å². The highest BCUT2D eigenvalue weighted by molar-refractivity contribution is 7.80. The molecule has 0 aliphatic carbocycles. The highest BCUT2D eigenvalue weighted by Gasteiger charge is 2.21. The summed E-state index contributed by atoms with van der Waals surface area (Å²) in [4.78, 5) is 0. The second kappa shape index (κ2) is 7.61. The fourth-order valence-corrected chi connectivity index (χ4v) is 3.04. The Balaban J connectivity index is 2.04. The molecular formula is C19H19FN2O3S. The minimum absolute atomic E-state index is 0.182. The van der Waals surface area contributed by atoms with Gasteiger partial charge in [-0.2, -0.15) is 0 Å². The van der Waals surface area contributed by atoms with Crippen molar-refractivity contribution in [2.45, 2.75) is 6.04 Å². The van der Waals surface area contributed by atoms with Gasteiger partial charge in [-0.15, -0.1) is 0 Å². The zero-order valence-electron chi connectivity index (χ0n) is 14.6. The van der Waals surface area contributed by atoms with Crippen LogP contribution in [0.4, 0.5) is 4.39 Å². The van der Waals surface area contributed by atoms with E-state index in [-0.39, 0.29) is 11.9 Å². The van der Waals surface area contributed by atoms with Crippen LogP contribution in [0.25, 0.3) is 5.70 Å². The van der Waals surface area contributed by atoms with E-state index < -0.39 is 0 Å². The van der Waals surface area contributed by atoms with Crippen LogP contribution in [-0.2, 0) is 0 Å². The fourth-order valence-electron chi connectivity index (χ4n) is 2.80. The van der Waals surface area contributed by atoms with E-state index >= 15 is 0 Å². The number of ether oxygens (including phenoxy) is 3. The third-order valence-corrected chi connectivity index (χ3v) is 4.29. The number of methoxy groups -OCH3 is 3. The first-order chi connectivity index (χ1) is 12.5. The number of benzene rings is 2. The first-order valence-corrected chi connectivity index (χ1v) is 8.31. The van der Waals surface area contributed by atoms with E-state index in [4.69, 9.17) is 26.4 Å². The lowest BCUT2D eigenvalue weighted by atomic mass is 10.0. The third-order valence-electron chi connectivity index (χ3n) is 4.07. The van der Waals surface area contributed by atoms with Gasteiger partial charge >= 0.3 is 0 Å². The molecule has 0 amide bonds.